The Morgan fingerprint density at radius 3 is 2.66 bits per heavy atom. The molecule has 0 atom stereocenters. The predicted molar refractivity (Wildman–Crippen MR) is 120 cm³/mol. The van der Waals surface area contributed by atoms with E-state index in [4.69, 9.17) is 8.94 Å². The molecule has 0 aliphatic carbocycles. The zero-order valence-electron chi connectivity index (χ0n) is 17.5. The highest BCUT2D eigenvalue weighted by atomic mass is 32.1. The molecule has 164 valence electrons. The molecule has 0 N–H and O–H groups in total. The van der Waals surface area contributed by atoms with Gasteiger partial charge in [0.15, 0.2) is 11.7 Å². The van der Waals surface area contributed by atoms with E-state index < -0.39 is 0 Å². The van der Waals surface area contributed by atoms with E-state index in [0.717, 1.165) is 29.3 Å². The van der Waals surface area contributed by atoms with Gasteiger partial charge in [0.05, 0.1) is 17.6 Å². The fraction of sp³-hybridized carbons (Fsp3) is 0.304. The molecule has 1 saturated heterocycles. The van der Waals surface area contributed by atoms with Gasteiger partial charge in [-0.2, -0.15) is 4.98 Å². The first-order chi connectivity index (χ1) is 15.7. The summed E-state index contributed by atoms with van der Waals surface area (Å²) in [6, 6.07) is 13.8. The normalized spacial score (nSPS) is 14.7. The number of thiophene rings is 1. The SMILES string of the molecule is O=C(CCc1ncc(-c2ccccc2)o1)N1CCN(Cc2nc(-c3cccs3)no2)CC1. The van der Waals surface area contributed by atoms with E-state index in [0.29, 0.717) is 50.1 Å². The molecule has 8 nitrogen and oxygen atoms in total. The third-order valence-corrected chi connectivity index (χ3v) is 6.32. The number of benzene rings is 1. The molecule has 1 amide bonds. The number of carbonyl (C=O) groups excluding carboxylic acids is 1. The molecule has 0 unspecified atom stereocenters. The Hall–Kier alpha value is -3.30. The van der Waals surface area contributed by atoms with Crippen molar-refractivity contribution < 1.29 is 13.7 Å². The summed E-state index contributed by atoms with van der Waals surface area (Å²) >= 11 is 1.59. The van der Waals surface area contributed by atoms with Crippen molar-refractivity contribution in [3.8, 4) is 22.0 Å². The second-order valence-electron chi connectivity index (χ2n) is 7.63. The number of rotatable bonds is 7. The molecule has 0 saturated carbocycles. The monoisotopic (exact) mass is 449 g/mol. The van der Waals surface area contributed by atoms with E-state index >= 15 is 0 Å². The predicted octanol–water partition coefficient (Wildman–Crippen LogP) is 3.73. The van der Waals surface area contributed by atoms with Crippen molar-refractivity contribution in [1.29, 1.82) is 0 Å². The highest BCUT2D eigenvalue weighted by Gasteiger charge is 2.23. The molecule has 1 aliphatic rings. The Morgan fingerprint density at radius 2 is 1.88 bits per heavy atom. The number of oxazole rings is 1. The molecule has 4 aromatic rings. The van der Waals surface area contributed by atoms with Crippen LogP contribution in [0.3, 0.4) is 0 Å². The minimum Gasteiger partial charge on any atom is -0.441 e. The quantitative estimate of drug-likeness (QED) is 0.425. The van der Waals surface area contributed by atoms with Gasteiger partial charge < -0.3 is 13.8 Å². The van der Waals surface area contributed by atoms with Crippen LogP contribution in [-0.4, -0.2) is 57.0 Å². The maximum absolute atomic E-state index is 12.6. The molecule has 32 heavy (non-hydrogen) atoms. The molecular weight excluding hydrogens is 426 g/mol. The van der Waals surface area contributed by atoms with Crippen LogP contribution in [0, 0.1) is 0 Å². The lowest BCUT2D eigenvalue weighted by atomic mass is 10.2. The number of aromatic nitrogens is 3. The Balaban J connectivity index is 1.08. The number of piperazine rings is 1. The maximum atomic E-state index is 12.6. The van der Waals surface area contributed by atoms with Crippen LogP contribution in [0.2, 0.25) is 0 Å². The summed E-state index contributed by atoms with van der Waals surface area (Å²) in [5.41, 5.74) is 0.984. The van der Waals surface area contributed by atoms with Crippen molar-refractivity contribution in [2.45, 2.75) is 19.4 Å². The van der Waals surface area contributed by atoms with Gasteiger partial charge in [0.2, 0.25) is 17.6 Å². The van der Waals surface area contributed by atoms with Gasteiger partial charge in [-0.15, -0.1) is 11.3 Å². The standard InChI is InChI=1S/C23H23N5O3S/c29-22(9-8-20-24-15-18(30-20)17-5-2-1-3-6-17)28-12-10-27(11-13-28)16-21-25-23(26-31-21)19-7-4-14-32-19/h1-7,14-15H,8-13,16H2. The molecule has 9 heteroatoms. The van der Waals surface area contributed by atoms with Gasteiger partial charge >= 0.3 is 0 Å². The van der Waals surface area contributed by atoms with E-state index in [9.17, 15) is 4.79 Å². The van der Waals surface area contributed by atoms with Crippen LogP contribution in [-0.2, 0) is 17.8 Å². The molecule has 1 fully saturated rings. The van der Waals surface area contributed by atoms with Gasteiger partial charge in [0.1, 0.15) is 0 Å². The van der Waals surface area contributed by atoms with Gasteiger partial charge in [-0.05, 0) is 11.4 Å². The number of aryl methyl sites for hydroxylation is 1. The summed E-state index contributed by atoms with van der Waals surface area (Å²) < 4.78 is 11.2. The van der Waals surface area contributed by atoms with Crippen molar-refractivity contribution in [2.24, 2.45) is 0 Å². The second kappa shape index (κ2) is 9.46. The van der Waals surface area contributed by atoms with Crippen molar-refractivity contribution >= 4 is 17.2 Å². The fourth-order valence-corrected chi connectivity index (χ4v) is 4.35. The lowest BCUT2D eigenvalue weighted by molar-refractivity contribution is -0.133. The second-order valence-corrected chi connectivity index (χ2v) is 8.58. The number of hydrogen-bond donors (Lipinski definition) is 0. The summed E-state index contributed by atoms with van der Waals surface area (Å²) in [5.74, 6) is 2.68. The fourth-order valence-electron chi connectivity index (χ4n) is 3.71. The van der Waals surface area contributed by atoms with Crippen LogP contribution < -0.4 is 0 Å². The van der Waals surface area contributed by atoms with Gasteiger partial charge in [-0.1, -0.05) is 41.6 Å². The maximum Gasteiger partial charge on any atom is 0.241 e. The molecular formula is C23H23N5O3S. The molecule has 3 aromatic heterocycles. The summed E-state index contributed by atoms with van der Waals surface area (Å²) in [5, 5.41) is 6.05. The highest BCUT2D eigenvalue weighted by molar-refractivity contribution is 7.13. The summed E-state index contributed by atoms with van der Waals surface area (Å²) in [6.07, 6.45) is 2.61. The Kier molecular flexibility index (Phi) is 6.09. The van der Waals surface area contributed by atoms with Crippen LogP contribution >= 0.6 is 11.3 Å². The first-order valence-corrected chi connectivity index (χ1v) is 11.5. The lowest BCUT2D eigenvalue weighted by Gasteiger charge is -2.33. The Morgan fingerprint density at radius 1 is 1.03 bits per heavy atom. The zero-order valence-corrected chi connectivity index (χ0v) is 18.3. The molecule has 1 aromatic carbocycles. The van der Waals surface area contributed by atoms with Crippen molar-refractivity contribution in [2.75, 3.05) is 26.2 Å². The van der Waals surface area contributed by atoms with Gasteiger partial charge in [-0.25, -0.2) is 4.98 Å². The van der Waals surface area contributed by atoms with Gasteiger partial charge in [0.25, 0.3) is 0 Å². The van der Waals surface area contributed by atoms with E-state index in [-0.39, 0.29) is 5.91 Å². The number of nitrogens with zero attached hydrogens (tertiary/aromatic N) is 5. The van der Waals surface area contributed by atoms with Crippen molar-refractivity contribution in [3.05, 3.63) is 65.8 Å². The zero-order chi connectivity index (χ0) is 21.8. The van der Waals surface area contributed by atoms with Crippen LogP contribution in [0.5, 0.6) is 0 Å². The first-order valence-electron chi connectivity index (χ1n) is 10.6. The summed E-state index contributed by atoms with van der Waals surface area (Å²) in [6.45, 7) is 3.52. The van der Waals surface area contributed by atoms with Gasteiger partial charge in [-0.3, -0.25) is 9.69 Å². The van der Waals surface area contributed by atoms with E-state index in [1.54, 1.807) is 17.5 Å². The Bertz CT molecular complexity index is 1150. The topological polar surface area (TPSA) is 88.5 Å². The van der Waals surface area contributed by atoms with E-state index in [1.807, 2.05) is 52.7 Å². The van der Waals surface area contributed by atoms with Crippen LogP contribution in [0.25, 0.3) is 22.0 Å². The molecule has 1 aliphatic heterocycles. The summed E-state index contributed by atoms with van der Waals surface area (Å²) in [4.78, 5) is 26.6. The smallest absolute Gasteiger partial charge is 0.241 e. The molecule has 0 bridgehead atoms. The van der Waals surface area contributed by atoms with Crippen LogP contribution in [0.15, 0.2) is 63.0 Å². The number of amides is 1. The molecule has 5 rings (SSSR count). The molecule has 4 heterocycles. The highest BCUT2D eigenvalue weighted by Crippen LogP contribution is 2.22. The number of carbonyl (C=O) groups is 1. The average molecular weight is 450 g/mol. The third kappa shape index (κ3) is 4.79. The largest absolute Gasteiger partial charge is 0.441 e. The minimum atomic E-state index is 0.127. The summed E-state index contributed by atoms with van der Waals surface area (Å²) in [7, 11) is 0. The average Bonchev–Trinajstić information content (AvgIpc) is 3.60. The lowest BCUT2D eigenvalue weighted by Crippen LogP contribution is -2.48. The minimum absolute atomic E-state index is 0.127. The first kappa shape index (κ1) is 20.6. The number of hydrogen-bond acceptors (Lipinski definition) is 8. The van der Waals surface area contributed by atoms with E-state index in [2.05, 4.69) is 20.0 Å². The van der Waals surface area contributed by atoms with Crippen molar-refractivity contribution in [1.82, 2.24) is 24.9 Å². The van der Waals surface area contributed by atoms with Crippen LogP contribution in [0.4, 0.5) is 0 Å². The Labute approximate surface area is 189 Å². The molecule has 0 spiro atoms. The van der Waals surface area contributed by atoms with Crippen molar-refractivity contribution in [3.63, 3.8) is 0 Å². The van der Waals surface area contributed by atoms with E-state index in [1.165, 1.54) is 0 Å². The van der Waals surface area contributed by atoms with Gasteiger partial charge in [0, 0.05) is 44.6 Å². The molecule has 0 radical (unpaired) electrons. The van der Waals surface area contributed by atoms with Crippen LogP contribution in [0.1, 0.15) is 18.2 Å². The third-order valence-electron chi connectivity index (χ3n) is 5.46.